The number of hydrogen-bond donors (Lipinski definition) is 1. The van der Waals surface area contributed by atoms with Gasteiger partial charge in [0, 0.05) is 18.7 Å². The van der Waals surface area contributed by atoms with Crippen LogP contribution < -0.4 is 5.32 Å². The topological polar surface area (TPSA) is 99.0 Å². The number of tetrazole rings is 1. The molecule has 0 radical (unpaired) electrons. The molecule has 0 fully saturated rings. The van der Waals surface area contributed by atoms with Crippen molar-refractivity contribution in [3.63, 3.8) is 0 Å². The van der Waals surface area contributed by atoms with Crippen molar-refractivity contribution in [3.05, 3.63) is 77.6 Å². The number of rotatable bonds is 6. The van der Waals surface area contributed by atoms with Crippen LogP contribution in [0.25, 0.3) is 11.8 Å². The van der Waals surface area contributed by atoms with E-state index < -0.39 is 5.97 Å². The first kappa shape index (κ1) is 18.0. The Kier molecular flexibility index (Phi) is 5.68. The van der Waals surface area contributed by atoms with E-state index in [1.807, 2.05) is 30.3 Å². The van der Waals surface area contributed by atoms with E-state index in [0.29, 0.717) is 11.4 Å². The SMILES string of the molecule is CNC(=O)c1ccc(/C=C/C(=O)OCc2nnnn2-c2ccccc2)cc1. The van der Waals surface area contributed by atoms with Gasteiger partial charge in [0.1, 0.15) is 0 Å². The highest BCUT2D eigenvalue weighted by Gasteiger charge is 2.10. The Hall–Kier alpha value is -3.81. The molecule has 1 heterocycles. The summed E-state index contributed by atoms with van der Waals surface area (Å²) in [5.74, 6) is -0.271. The molecule has 1 aromatic heterocycles. The molecule has 3 aromatic rings. The van der Waals surface area contributed by atoms with E-state index in [0.717, 1.165) is 11.3 Å². The van der Waals surface area contributed by atoms with Crippen molar-refractivity contribution in [1.82, 2.24) is 25.5 Å². The van der Waals surface area contributed by atoms with Gasteiger partial charge in [0.15, 0.2) is 12.4 Å². The Balaban J connectivity index is 1.58. The third-order valence-corrected chi connectivity index (χ3v) is 3.69. The molecule has 0 aliphatic heterocycles. The Morgan fingerprint density at radius 3 is 2.56 bits per heavy atom. The fraction of sp³-hybridized carbons (Fsp3) is 0.105. The van der Waals surface area contributed by atoms with Crippen LogP contribution in [0.15, 0.2) is 60.7 Å². The molecule has 1 N–H and O–H groups in total. The second-order valence-corrected chi connectivity index (χ2v) is 5.48. The lowest BCUT2D eigenvalue weighted by atomic mass is 10.1. The van der Waals surface area contributed by atoms with Crippen LogP contribution in [0.1, 0.15) is 21.7 Å². The number of hydrogen-bond acceptors (Lipinski definition) is 6. The van der Waals surface area contributed by atoms with Crippen molar-refractivity contribution in [2.45, 2.75) is 6.61 Å². The number of para-hydroxylation sites is 1. The minimum atomic E-state index is -0.520. The number of carbonyl (C=O) groups is 2. The Morgan fingerprint density at radius 1 is 1.11 bits per heavy atom. The van der Waals surface area contributed by atoms with Gasteiger partial charge >= 0.3 is 5.97 Å². The zero-order chi connectivity index (χ0) is 19.1. The van der Waals surface area contributed by atoms with Crippen LogP contribution in [0.2, 0.25) is 0 Å². The molecule has 8 nitrogen and oxygen atoms in total. The van der Waals surface area contributed by atoms with Crippen LogP contribution in [0.4, 0.5) is 0 Å². The number of benzene rings is 2. The fourth-order valence-electron chi connectivity index (χ4n) is 2.30. The maximum atomic E-state index is 11.9. The number of carbonyl (C=O) groups excluding carboxylic acids is 2. The fourth-order valence-corrected chi connectivity index (χ4v) is 2.30. The first-order valence-electron chi connectivity index (χ1n) is 8.17. The summed E-state index contributed by atoms with van der Waals surface area (Å²) in [6.45, 7) is -0.0549. The summed E-state index contributed by atoms with van der Waals surface area (Å²) >= 11 is 0. The van der Waals surface area contributed by atoms with Gasteiger partial charge in [-0.15, -0.1) is 5.10 Å². The van der Waals surface area contributed by atoms with E-state index in [-0.39, 0.29) is 12.5 Å². The van der Waals surface area contributed by atoms with Crippen LogP contribution >= 0.6 is 0 Å². The first-order valence-corrected chi connectivity index (χ1v) is 8.17. The smallest absolute Gasteiger partial charge is 0.331 e. The van der Waals surface area contributed by atoms with Crippen molar-refractivity contribution in [1.29, 1.82) is 0 Å². The van der Waals surface area contributed by atoms with Gasteiger partial charge in [0.05, 0.1) is 5.69 Å². The van der Waals surface area contributed by atoms with E-state index in [1.54, 1.807) is 37.4 Å². The van der Waals surface area contributed by atoms with E-state index in [1.165, 1.54) is 10.8 Å². The lowest BCUT2D eigenvalue weighted by molar-refractivity contribution is -0.139. The number of ether oxygens (including phenoxy) is 1. The number of esters is 1. The molecule has 0 spiro atoms. The molecule has 1 amide bonds. The van der Waals surface area contributed by atoms with Crippen molar-refractivity contribution in [2.24, 2.45) is 0 Å². The highest BCUT2D eigenvalue weighted by Crippen LogP contribution is 2.09. The lowest BCUT2D eigenvalue weighted by Gasteiger charge is -2.04. The normalized spacial score (nSPS) is 10.7. The van der Waals surface area contributed by atoms with Crippen LogP contribution in [0.3, 0.4) is 0 Å². The summed E-state index contributed by atoms with van der Waals surface area (Å²) in [5, 5.41) is 13.9. The maximum absolute atomic E-state index is 11.9. The van der Waals surface area contributed by atoms with Crippen LogP contribution in [0, 0.1) is 0 Å². The lowest BCUT2D eigenvalue weighted by Crippen LogP contribution is -2.17. The summed E-state index contributed by atoms with van der Waals surface area (Å²) < 4.78 is 6.70. The molecular weight excluding hydrogens is 346 g/mol. The monoisotopic (exact) mass is 363 g/mol. The highest BCUT2D eigenvalue weighted by molar-refractivity contribution is 5.94. The maximum Gasteiger partial charge on any atom is 0.331 e. The Labute approximate surface area is 155 Å². The quantitative estimate of drug-likeness (QED) is 0.529. The molecule has 0 unspecified atom stereocenters. The minimum Gasteiger partial charge on any atom is -0.454 e. The van der Waals surface area contributed by atoms with Crippen LogP contribution in [-0.2, 0) is 16.1 Å². The van der Waals surface area contributed by atoms with E-state index in [2.05, 4.69) is 20.8 Å². The summed E-state index contributed by atoms with van der Waals surface area (Å²) in [5.41, 5.74) is 2.10. The largest absolute Gasteiger partial charge is 0.454 e. The number of amides is 1. The van der Waals surface area contributed by atoms with Gasteiger partial charge in [0.2, 0.25) is 0 Å². The summed E-state index contributed by atoms with van der Waals surface area (Å²) in [7, 11) is 1.57. The van der Waals surface area contributed by atoms with Crippen LogP contribution in [0.5, 0.6) is 0 Å². The van der Waals surface area contributed by atoms with Crippen molar-refractivity contribution < 1.29 is 14.3 Å². The number of nitrogens with zero attached hydrogens (tertiary/aromatic N) is 4. The van der Waals surface area contributed by atoms with Gasteiger partial charge in [-0.1, -0.05) is 30.3 Å². The minimum absolute atomic E-state index is 0.0549. The first-order chi connectivity index (χ1) is 13.2. The summed E-state index contributed by atoms with van der Waals surface area (Å²) in [6.07, 6.45) is 2.92. The van der Waals surface area contributed by atoms with Crippen molar-refractivity contribution in [2.75, 3.05) is 7.05 Å². The summed E-state index contributed by atoms with van der Waals surface area (Å²) in [6, 6.07) is 16.2. The van der Waals surface area contributed by atoms with Gasteiger partial charge in [-0.3, -0.25) is 4.79 Å². The number of aromatic nitrogens is 4. The standard InChI is InChI=1S/C19H17N5O3/c1-20-19(26)15-10-7-14(8-11-15)9-12-18(25)27-13-17-21-22-23-24(17)16-5-3-2-4-6-16/h2-12H,13H2,1H3,(H,20,26)/b12-9+. The molecule has 3 rings (SSSR count). The second-order valence-electron chi connectivity index (χ2n) is 5.48. The van der Waals surface area contributed by atoms with Crippen molar-refractivity contribution in [3.8, 4) is 5.69 Å². The van der Waals surface area contributed by atoms with Gasteiger partial charge in [-0.2, -0.15) is 4.68 Å². The molecule has 2 aromatic carbocycles. The third-order valence-electron chi connectivity index (χ3n) is 3.69. The zero-order valence-electron chi connectivity index (χ0n) is 14.6. The third kappa shape index (κ3) is 4.63. The average molecular weight is 363 g/mol. The average Bonchev–Trinajstić information content (AvgIpc) is 3.20. The Morgan fingerprint density at radius 2 is 1.85 bits per heavy atom. The van der Waals surface area contributed by atoms with Gasteiger partial charge in [0.25, 0.3) is 5.91 Å². The molecule has 0 atom stereocenters. The van der Waals surface area contributed by atoms with E-state index >= 15 is 0 Å². The number of nitrogens with one attached hydrogen (secondary N) is 1. The predicted octanol–water partition coefficient (Wildman–Crippen LogP) is 1.78. The van der Waals surface area contributed by atoms with Gasteiger partial charge < -0.3 is 10.1 Å². The zero-order valence-corrected chi connectivity index (χ0v) is 14.6. The van der Waals surface area contributed by atoms with E-state index in [9.17, 15) is 9.59 Å². The van der Waals surface area contributed by atoms with Crippen molar-refractivity contribution >= 4 is 18.0 Å². The molecule has 8 heteroatoms. The molecule has 0 aliphatic rings. The van der Waals surface area contributed by atoms with Crippen LogP contribution in [-0.4, -0.2) is 39.1 Å². The molecule has 0 saturated heterocycles. The molecule has 0 aliphatic carbocycles. The van der Waals surface area contributed by atoms with Gasteiger partial charge in [-0.05, 0) is 46.3 Å². The highest BCUT2D eigenvalue weighted by atomic mass is 16.5. The van der Waals surface area contributed by atoms with E-state index in [4.69, 9.17) is 4.74 Å². The molecule has 0 bridgehead atoms. The molecule has 27 heavy (non-hydrogen) atoms. The summed E-state index contributed by atoms with van der Waals surface area (Å²) in [4.78, 5) is 23.4. The molecule has 136 valence electrons. The Bertz CT molecular complexity index is 949. The van der Waals surface area contributed by atoms with Gasteiger partial charge in [-0.25, -0.2) is 4.79 Å². The predicted molar refractivity (Wildman–Crippen MR) is 97.8 cm³/mol. The second kappa shape index (κ2) is 8.52. The molecule has 0 saturated carbocycles. The molecular formula is C19H17N5O3.